The summed E-state index contributed by atoms with van der Waals surface area (Å²) >= 11 is 0. The van der Waals surface area contributed by atoms with Gasteiger partial charge in [-0.15, -0.1) is 0 Å². The Morgan fingerprint density at radius 2 is 2.56 bits per heavy atom. The molecular weight excluding hydrogens is 112 g/mol. The van der Waals surface area contributed by atoms with Crippen molar-refractivity contribution in [1.82, 2.24) is 10.2 Å². The van der Waals surface area contributed by atoms with E-state index in [4.69, 9.17) is 0 Å². The van der Waals surface area contributed by atoms with Crippen molar-refractivity contribution in [3.05, 3.63) is 12.4 Å². The van der Waals surface area contributed by atoms with Crippen molar-refractivity contribution in [3.63, 3.8) is 0 Å². The first-order valence-corrected chi connectivity index (χ1v) is 3.57. The normalized spacial score (nSPS) is 32.0. The van der Waals surface area contributed by atoms with Gasteiger partial charge in [-0.1, -0.05) is 0 Å². The lowest BCUT2D eigenvalue weighted by molar-refractivity contribution is 0.215. The number of hydrogen-bond donors (Lipinski definition) is 1. The summed E-state index contributed by atoms with van der Waals surface area (Å²) in [6.07, 6.45) is 9.62. The number of fused-ring (bicyclic) bond motifs is 1. The van der Waals surface area contributed by atoms with E-state index < -0.39 is 0 Å². The molecule has 2 aliphatic rings. The monoisotopic (exact) mass is 123 g/mol. The molecule has 1 unspecified atom stereocenters. The molecule has 0 amide bonds. The van der Waals surface area contributed by atoms with Crippen LogP contribution in [0.2, 0.25) is 0 Å². The van der Waals surface area contributed by atoms with Crippen LogP contribution < -0.4 is 5.32 Å². The van der Waals surface area contributed by atoms with E-state index in [1.54, 1.807) is 0 Å². The molecule has 9 heavy (non-hydrogen) atoms. The van der Waals surface area contributed by atoms with Crippen LogP contribution >= 0.6 is 0 Å². The lowest BCUT2D eigenvalue weighted by Gasteiger charge is -2.29. The molecule has 0 saturated carbocycles. The number of nitrogens with one attached hydrogen (secondary N) is 1. The molecule has 1 saturated heterocycles. The molecule has 0 aromatic carbocycles. The fourth-order valence-corrected chi connectivity index (χ4v) is 1.48. The van der Waals surface area contributed by atoms with Crippen LogP contribution in [-0.2, 0) is 0 Å². The van der Waals surface area contributed by atoms with Gasteiger partial charge in [-0.25, -0.2) is 0 Å². The Balaban J connectivity index is 2.03. The SMILES string of the molecule is [C]1=CN2CCCCC2N1. The molecule has 1 N–H and O–H groups in total. The van der Waals surface area contributed by atoms with E-state index in [1.165, 1.54) is 25.8 Å². The molecular formula is C7H11N2. The van der Waals surface area contributed by atoms with Gasteiger partial charge in [0.1, 0.15) is 0 Å². The van der Waals surface area contributed by atoms with Crippen LogP contribution in [0.3, 0.4) is 0 Å². The van der Waals surface area contributed by atoms with Gasteiger partial charge in [0.2, 0.25) is 0 Å². The zero-order chi connectivity index (χ0) is 6.10. The van der Waals surface area contributed by atoms with Gasteiger partial charge in [0.25, 0.3) is 0 Å². The van der Waals surface area contributed by atoms with E-state index in [9.17, 15) is 0 Å². The Morgan fingerprint density at radius 3 is 3.44 bits per heavy atom. The molecule has 2 rings (SSSR count). The van der Waals surface area contributed by atoms with Gasteiger partial charge < -0.3 is 10.2 Å². The fourth-order valence-electron chi connectivity index (χ4n) is 1.48. The molecule has 0 aromatic rings. The van der Waals surface area contributed by atoms with E-state index in [1.807, 2.05) is 6.20 Å². The second kappa shape index (κ2) is 1.94. The minimum Gasteiger partial charge on any atom is -0.362 e. The van der Waals surface area contributed by atoms with Gasteiger partial charge in [-0.3, -0.25) is 0 Å². The third-order valence-corrected chi connectivity index (χ3v) is 2.02. The average molecular weight is 123 g/mol. The maximum Gasteiger partial charge on any atom is 0.0986 e. The molecule has 1 atom stereocenters. The summed E-state index contributed by atoms with van der Waals surface area (Å²) in [6, 6.07) is 0. The predicted molar refractivity (Wildman–Crippen MR) is 35.3 cm³/mol. The third kappa shape index (κ3) is 0.784. The van der Waals surface area contributed by atoms with Crippen molar-refractivity contribution < 1.29 is 0 Å². The molecule has 1 fully saturated rings. The number of piperidine rings is 1. The number of nitrogens with zero attached hydrogens (tertiary/aromatic N) is 1. The quantitative estimate of drug-likeness (QED) is 0.509. The lowest BCUT2D eigenvalue weighted by atomic mass is 10.1. The van der Waals surface area contributed by atoms with E-state index in [2.05, 4.69) is 16.4 Å². The van der Waals surface area contributed by atoms with Gasteiger partial charge in [0, 0.05) is 12.7 Å². The van der Waals surface area contributed by atoms with Gasteiger partial charge in [0.05, 0.1) is 12.4 Å². The van der Waals surface area contributed by atoms with E-state index in [-0.39, 0.29) is 0 Å². The largest absolute Gasteiger partial charge is 0.362 e. The number of hydrogen-bond acceptors (Lipinski definition) is 2. The Bertz CT molecular complexity index is 131. The van der Waals surface area contributed by atoms with Crippen LogP contribution in [-0.4, -0.2) is 17.6 Å². The van der Waals surface area contributed by atoms with Crippen LogP contribution in [0.25, 0.3) is 0 Å². The van der Waals surface area contributed by atoms with Crippen molar-refractivity contribution in [1.29, 1.82) is 0 Å². The molecule has 1 radical (unpaired) electrons. The molecule has 0 spiro atoms. The highest BCUT2D eigenvalue weighted by molar-refractivity contribution is 4.90. The molecule has 0 bridgehead atoms. The second-order valence-electron chi connectivity index (χ2n) is 2.67. The highest BCUT2D eigenvalue weighted by Crippen LogP contribution is 2.17. The minimum absolute atomic E-state index is 0.582. The Hall–Kier alpha value is -0.660. The highest BCUT2D eigenvalue weighted by Gasteiger charge is 2.21. The minimum atomic E-state index is 0.582. The standard InChI is InChI=1S/C7H11N2/c1-2-5-9-6-4-8-7(9)3-1/h6-8H,1-3,5H2. The molecule has 0 aliphatic carbocycles. The Kier molecular flexibility index (Phi) is 1.11. The third-order valence-electron chi connectivity index (χ3n) is 2.02. The maximum absolute atomic E-state index is 3.18. The average Bonchev–Trinajstić information content (AvgIpc) is 2.33. The summed E-state index contributed by atoms with van der Waals surface area (Å²) in [5.74, 6) is 0. The molecule has 2 heteroatoms. The van der Waals surface area contributed by atoms with Gasteiger partial charge in [0.15, 0.2) is 0 Å². The van der Waals surface area contributed by atoms with E-state index in [0.717, 1.165) is 0 Å². The fraction of sp³-hybridized carbons (Fsp3) is 0.714. The summed E-state index contributed by atoms with van der Waals surface area (Å²) in [6.45, 7) is 1.21. The molecule has 2 heterocycles. The summed E-state index contributed by atoms with van der Waals surface area (Å²) in [5.41, 5.74) is 0. The van der Waals surface area contributed by atoms with Gasteiger partial charge in [-0.05, 0) is 19.3 Å². The zero-order valence-corrected chi connectivity index (χ0v) is 5.43. The molecule has 2 nitrogen and oxygen atoms in total. The maximum atomic E-state index is 3.18. The van der Waals surface area contributed by atoms with Crippen LogP contribution in [0, 0.1) is 6.20 Å². The van der Waals surface area contributed by atoms with Crippen molar-refractivity contribution in [2.45, 2.75) is 25.4 Å². The van der Waals surface area contributed by atoms with Crippen molar-refractivity contribution >= 4 is 0 Å². The van der Waals surface area contributed by atoms with Crippen molar-refractivity contribution in [2.24, 2.45) is 0 Å². The Morgan fingerprint density at radius 1 is 1.56 bits per heavy atom. The summed E-state index contributed by atoms with van der Waals surface area (Å²) in [7, 11) is 0. The summed E-state index contributed by atoms with van der Waals surface area (Å²) < 4.78 is 0. The zero-order valence-electron chi connectivity index (χ0n) is 5.43. The molecule has 49 valence electrons. The van der Waals surface area contributed by atoms with Crippen LogP contribution in [0.1, 0.15) is 19.3 Å². The first kappa shape index (κ1) is 5.15. The number of rotatable bonds is 0. The van der Waals surface area contributed by atoms with Crippen LogP contribution in [0.5, 0.6) is 0 Å². The van der Waals surface area contributed by atoms with E-state index in [0.29, 0.717) is 6.17 Å². The lowest BCUT2D eigenvalue weighted by Crippen LogP contribution is -2.38. The molecule has 0 aromatic heterocycles. The summed E-state index contributed by atoms with van der Waals surface area (Å²) in [4.78, 5) is 2.32. The van der Waals surface area contributed by atoms with Crippen molar-refractivity contribution in [3.8, 4) is 0 Å². The second-order valence-corrected chi connectivity index (χ2v) is 2.67. The first-order chi connectivity index (χ1) is 4.47. The summed E-state index contributed by atoms with van der Waals surface area (Å²) in [5, 5.41) is 3.18. The predicted octanol–water partition coefficient (Wildman–Crippen LogP) is 0.676. The van der Waals surface area contributed by atoms with Crippen molar-refractivity contribution in [2.75, 3.05) is 6.54 Å². The smallest absolute Gasteiger partial charge is 0.0986 e. The topological polar surface area (TPSA) is 15.3 Å². The Labute approximate surface area is 55.5 Å². The van der Waals surface area contributed by atoms with Crippen LogP contribution in [0.15, 0.2) is 6.20 Å². The van der Waals surface area contributed by atoms with Gasteiger partial charge >= 0.3 is 0 Å². The van der Waals surface area contributed by atoms with Gasteiger partial charge in [-0.2, -0.15) is 0 Å². The molecule has 2 aliphatic heterocycles. The van der Waals surface area contributed by atoms with Crippen LogP contribution in [0.4, 0.5) is 0 Å². The first-order valence-electron chi connectivity index (χ1n) is 3.57. The highest BCUT2D eigenvalue weighted by atomic mass is 15.3. The van der Waals surface area contributed by atoms with E-state index >= 15 is 0 Å².